The quantitative estimate of drug-likeness (QED) is 0.403. The maximum Gasteiger partial charge on any atom is 0.209 e. The molecule has 2 aliphatic heterocycles. The van der Waals surface area contributed by atoms with Crippen molar-refractivity contribution < 1.29 is 14.5 Å². The number of carbonyl (C=O) groups excluding carboxylic acids is 1. The number of carbonyl (C=O) groups is 1. The monoisotopic (exact) mass is 456 g/mol. The van der Waals surface area contributed by atoms with Gasteiger partial charge in [0.2, 0.25) is 5.69 Å². The molecule has 34 heavy (non-hydrogen) atoms. The maximum atomic E-state index is 10.7. The van der Waals surface area contributed by atoms with Crippen molar-refractivity contribution in [3.05, 3.63) is 83.6 Å². The first-order chi connectivity index (χ1) is 16.2. The van der Waals surface area contributed by atoms with E-state index in [9.17, 15) is 9.90 Å². The van der Waals surface area contributed by atoms with Gasteiger partial charge in [-0.25, -0.2) is 0 Å². The number of hydrogen-bond donors (Lipinski definition) is 0. The Morgan fingerprint density at radius 3 is 2.32 bits per heavy atom. The number of rotatable bonds is 8. The van der Waals surface area contributed by atoms with Gasteiger partial charge in [-0.15, -0.1) is 0 Å². The van der Waals surface area contributed by atoms with Crippen molar-refractivity contribution in [2.24, 2.45) is 0 Å². The van der Waals surface area contributed by atoms with Crippen LogP contribution in [0.25, 0.3) is 0 Å². The summed E-state index contributed by atoms with van der Waals surface area (Å²) < 4.78 is 2.30. The molecule has 2 aromatic rings. The van der Waals surface area contributed by atoms with Crippen LogP contribution in [0.2, 0.25) is 0 Å². The smallest absolute Gasteiger partial charge is 0.209 e. The first kappa shape index (κ1) is 24.0. The Morgan fingerprint density at radius 2 is 1.62 bits per heavy atom. The fourth-order valence-corrected chi connectivity index (χ4v) is 5.63. The van der Waals surface area contributed by atoms with E-state index in [1.165, 1.54) is 33.9 Å². The predicted molar refractivity (Wildman–Crippen MR) is 138 cm³/mol. The molecule has 0 radical (unpaired) electrons. The Labute approximate surface area is 203 Å². The van der Waals surface area contributed by atoms with Crippen molar-refractivity contribution in [1.82, 2.24) is 0 Å². The SMILES string of the molecule is C[N+]1=C(/C=C/C=C2/N(CCCCCC(=O)[O-])c3ccccc3C2(C)C)C(C)(C)c2ccccc21. The number of aliphatic carboxylic acids is 1. The lowest BCUT2D eigenvalue weighted by Crippen LogP contribution is -2.27. The van der Waals surface area contributed by atoms with Gasteiger partial charge in [-0.3, -0.25) is 0 Å². The van der Waals surface area contributed by atoms with Crippen molar-refractivity contribution in [3.8, 4) is 0 Å². The number of carboxylic acids is 1. The summed E-state index contributed by atoms with van der Waals surface area (Å²) in [5, 5.41) is 10.7. The number of benzene rings is 2. The standard InChI is InChI=1S/C30H36N2O2/c1-29(2)22-14-8-10-16-24(22)31(5)26(29)18-13-19-27-30(3,4)23-15-9-11-17-25(23)32(27)21-12-6-7-20-28(33)34/h8-11,13-19H,6-7,12,20-21H2,1-5H3. The van der Waals surface area contributed by atoms with E-state index in [-0.39, 0.29) is 17.3 Å². The van der Waals surface area contributed by atoms with E-state index in [1.54, 1.807) is 0 Å². The average Bonchev–Trinajstić information content (AvgIpc) is 3.13. The zero-order chi connectivity index (χ0) is 24.5. The number of unbranched alkanes of at least 4 members (excludes halogenated alkanes) is 2. The molecular weight excluding hydrogens is 420 g/mol. The molecule has 4 rings (SSSR count). The second-order valence-electron chi connectivity index (χ2n) is 10.5. The van der Waals surface area contributed by atoms with Crippen molar-refractivity contribution in [3.63, 3.8) is 0 Å². The summed E-state index contributed by atoms with van der Waals surface area (Å²) in [4.78, 5) is 13.2. The van der Waals surface area contributed by atoms with Crippen molar-refractivity contribution in [2.45, 2.75) is 64.2 Å². The molecule has 2 aromatic carbocycles. The van der Waals surface area contributed by atoms with Gasteiger partial charge in [-0.2, -0.15) is 4.58 Å². The van der Waals surface area contributed by atoms with Gasteiger partial charge < -0.3 is 14.8 Å². The van der Waals surface area contributed by atoms with Gasteiger partial charge in [0.25, 0.3) is 0 Å². The summed E-state index contributed by atoms with van der Waals surface area (Å²) in [5.41, 5.74) is 7.63. The largest absolute Gasteiger partial charge is 0.550 e. The molecule has 4 heteroatoms. The van der Waals surface area contributed by atoms with Gasteiger partial charge in [0.05, 0.1) is 5.41 Å². The van der Waals surface area contributed by atoms with Gasteiger partial charge in [-0.05, 0) is 50.8 Å². The molecule has 0 unspecified atom stereocenters. The third-order valence-corrected chi connectivity index (χ3v) is 7.51. The third-order valence-electron chi connectivity index (χ3n) is 7.51. The van der Waals surface area contributed by atoms with Crippen LogP contribution in [0, 0.1) is 0 Å². The van der Waals surface area contributed by atoms with Crippen LogP contribution in [0.3, 0.4) is 0 Å². The predicted octanol–water partition coefficient (Wildman–Crippen LogP) is 5.24. The molecule has 0 bridgehead atoms. The lowest BCUT2D eigenvalue weighted by molar-refractivity contribution is -0.401. The molecule has 0 saturated heterocycles. The molecule has 0 aromatic heterocycles. The molecule has 0 fully saturated rings. The summed E-state index contributed by atoms with van der Waals surface area (Å²) in [7, 11) is 2.15. The second kappa shape index (κ2) is 9.25. The molecule has 0 amide bonds. The van der Waals surface area contributed by atoms with Crippen LogP contribution in [-0.4, -0.2) is 29.8 Å². The Kier molecular flexibility index (Phi) is 6.53. The van der Waals surface area contributed by atoms with E-state index in [0.717, 1.165) is 19.4 Å². The summed E-state index contributed by atoms with van der Waals surface area (Å²) in [6.45, 7) is 10.0. The highest BCUT2D eigenvalue weighted by Crippen LogP contribution is 2.47. The van der Waals surface area contributed by atoms with Crippen molar-refractivity contribution in [2.75, 3.05) is 18.5 Å². The Balaban J connectivity index is 1.61. The number of anilines is 1. The van der Waals surface area contributed by atoms with Gasteiger partial charge in [-0.1, -0.05) is 62.7 Å². The topological polar surface area (TPSA) is 46.4 Å². The lowest BCUT2D eigenvalue weighted by atomic mass is 9.81. The number of para-hydroxylation sites is 2. The molecule has 4 nitrogen and oxygen atoms in total. The second-order valence-corrected chi connectivity index (χ2v) is 10.5. The average molecular weight is 457 g/mol. The van der Waals surface area contributed by atoms with Gasteiger partial charge in [0, 0.05) is 47.0 Å². The minimum Gasteiger partial charge on any atom is -0.550 e. The molecular formula is C30H36N2O2. The zero-order valence-corrected chi connectivity index (χ0v) is 21.1. The summed E-state index contributed by atoms with van der Waals surface area (Å²) in [6.07, 6.45) is 9.35. The lowest BCUT2D eigenvalue weighted by Gasteiger charge is -2.27. The van der Waals surface area contributed by atoms with E-state index in [0.29, 0.717) is 6.42 Å². The van der Waals surface area contributed by atoms with Crippen LogP contribution >= 0.6 is 0 Å². The highest BCUT2D eigenvalue weighted by molar-refractivity contribution is 6.03. The maximum absolute atomic E-state index is 10.7. The van der Waals surface area contributed by atoms with E-state index in [1.807, 2.05) is 0 Å². The third kappa shape index (κ3) is 4.22. The Morgan fingerprint density at radius 1 is 0.941 bits per heavy atom. The Hall–Kier alpha value is -3.14. The highest BCUT2D eigenvalue weighted by atomic mass is 16.4. The minimum absolute atomic E-state index is 0.0484. The first-order valence-corrected chi connectivity index (χ1v) is 12.3. The van der Waals surface area contributed by atoms with Crippen LogP contribution in [0.5, 0.6) is 0 Å². The number of hydrogen-bond acceptors (Lipinski definition) is 3. The highest BCUT2D eigenvalue weighted by Gasteiger charge is 2.43. The summed E-state index contributed by atoms with van der Waals surface area (Å²) in [5.74, 6) is -0.960. The number of nitrogens with zero attached hydrogens (tertiary/aromatic N) is 2. The molecule has 2 heterocycles. The van der Waals surface area contributed by atoms with Crippen LogP contribution < -0.4 is 10.0 Å². The van der Waals surface area contributed by atoms with Crippen LogP contribution in [0.15, 0.2) is 72.5 Å². The zero-order valence-electron chi connectivity index (χ0n) is 21.1. The first-order valence-electron chi connectivity index (χ1n) is 12.3. The molecule has 0 aliphatic carbocycles. The number of carboxylic acid groups (broad SMARTS) is 1. The molecule has 0 atom stereocenters. The van der Waals surface area contributed by atoms with E-state index < -0.39 is 5.97 Å². The van der Waals surface area contributed by atoms with Crippen LogP contribution in [-0.2, 0) is 15.6 Å². The fourth-order valence-electron chi connectivity index (χ4n) is 5.63. The normalized spacial score (nSPS) is 19.2. The van der Waals surface area contributed by atoms with E-state index >= 15 is 0 Å². The van der Waals surface area contributed by atoms with Crippen LogP contribution in [0.4, 0.5) is 11.4 Å². The number of allylic oxidation sites excluding steroid dienone is 4. The minimum atomic E-state index is -0.960. The summed E-state index contributed by atoms with van der Waals surface area (Å²) >= 11 is 0. The molecule has 2 aliphatic rings. The van der Waals surface area contributed by atoms with Gasteiger partial charge in [0.15, 0.2) is 5.71 Å². The van der Waals surface area contributed by atoms with Gasteiger partial charge in [0.1, 0.15) is 7.05 Å². The summed E-state index contributed by atoms with van der Waals surface area (Å²) in [6, 6.07) is 17.3. The molecule has 178 valence electrons. The van der Waals surface area contributed by atoms with E-state index in [2.05, 4.69) is 111 Å². The molecule has 0 saturated carbocycles. The van der Waals surface area contributed by atoms with E-state index in [4.69, 9.17) is 0 Å². The van der Waals surface area contributed by atoms with Crippen molar-refractivity contribution in [1.29, 1.82) is 0 Å². The van der Waals surface area contributed by atoms with Crippen LogP contribution in [0.1, 0.15) is 64.5 Å². The molecule has 0 spiro atoms. The number of fused-ring (bicyclic) bond motifs is 2. The van der Waals surface area contributed by atoms with Crippen molar-refractivity contribution >= 4 is 23.1 Å². The Bertz CT molecular complexity index is 1180. The van der Waals surface area contributed by atoms with Gasteiger partial charge >= 0.3 is 0 Å². The fraction of sp³-hybridized carbons (Fsp3) is 0.400. The molecule has 0 N–H and O–H groups in total.